The second-order valence-electron chi connectivity index (χ2n) is 5.62. The van der Waals surface area contributed by atoms with Gasteiger partial charge in [-0.15, -0.1) is 0 Å². The van der Waals surface area contributed by atoms with E-state index in [1.807, 2.05) is 31.2 Å². The van der Waals surface area contributed by atoms with Gasteiger partial charge in [0.25, 0.3) is 5.91 Å². The van der Waals surface area contributed by atoms with Gasteiger partial charge in [0.1, 0.15) is 12.7 Å². The highest BCUT2D eigenvalue weighted by Gasteiger charge is 2.21. The van der Waals surface area contributed by atoms with Gasteiger partial charge < -0.3 is 4.90 Å². The van der Waals surface area contributed by atoms with Crippen LogP contribution in [-0.4, -0.2) is 32.6 Å². The minimum Gasteiger partial charge on any atom is -0.335 e. The third-order valence-electron chi connectivity index (χ3n) is 4.14. The number of amides is 1. The summed E-state index contributed by atoms with van der Waals surface area (Å²) in [6.07, 6.45) is 3.12. The molecular weight excluding hydrogens is 359 g/mol. The third-order valence-corrected chi connectivity index (χ3v) is 4.96. The number of aromatic nitrogens is 3. The number of carbonyl (C=O) groups excluding carboxylic acids is 1. The van der Waals surface area contributed by atoms with E-state index in [1.165, 1.54) is 6.33 Å². The molecule has 0 fully saturated rings. The fourth-order valence-corrected chi connectivity index (χ4v) is 2.89. The molecule has 0 unspecified atom stereocenters. The lowest BCUT2D eigenvalue weighted by Gasteiger charge is -2.26. The predicted octanol–water partition coefficient (Wildman–Crippen LogP) is 4.41. The van der Waals surface area contributed by atoms with Gasteiger partial charge in [-0.2, -0.15) is 5.10 Å². The van der Waals surface area contributed by atoms with Gasteiger partial charge in [0.05, 0.1) is 27.3 Å². The van der Waals surface area contributed by atoms with Crippen molar-refractivity contribution in [2.75, 3.05) is 7.05 Å². The fraction of sp³-hybridized carbons (Fsp3) is 0.167. The fourth-order valence-electron chi connectivity index (χ4n) is 2.51. The molecule has 1 aromatic heterocycles. The Hall–Kier alpha value is -2.37. The van der Waals surface area contributed by atoms with Crippen molar-refractivity contribution in [2.45, 2.75) is 13.0 Å². The first kappa shape index (κ1) is 17.5. The topological polar surface area (TPSA) is 51.0 Å². The van der Waals surface area contributed by atoms with E-state index < -0.39 is 0 Å². The number of carbonyl (C=O) groups is 1. The first-order valence-corrected chi connectivity index (χ1v) is 8.40. The standard InChI is InChI=1S/C18H16Cl2N4O/c1-12(13-6-8-14(9-7-13)24-11-21-10-22-24)23(2)18(25)15-4-3-5-16(19)17(15)20/h3-12H,1-2H3/t12-/m0/s1. The molecule has 0 bridgehead atoms. The van der Waals surface area contributed by atoms with Crippen LogP contribution in [0.4, 0.5) is 0 Å². The van der Waals surface area contributed by atoms with Crippen molar-refractivity contribution < 1.29 is 4.79 Å². The van der Waals surface area contributed by atoms with Crippen molar-refractivity contribution in [3.63, 3.8) is 0 Å². The van der Waals surface area contributed by atoms with E-state index in [-0.39, 0.29) is 17.0 Å². The lowest BCUT2D eigenvalue weighted by atomic mass is 10.1. The summed E-state index contributed by atoms with van der Waals surface area (Å²) in [6.45, 7) is 1.96. The number of nitrogens with zero attached hydrogens (tertiary/aromatic N) is 4. The van der Waals surface area contributed by atoms with Crippen LogP contribution in [0.25, 0.3) is 5.69 Å². The first-order valence-electron chi connectivity index (χ1n) is 7.65. The Labute approximate surface area is 155 Å². The highest BCUT2D eigenvalue weighted by molar-refractivity contribution is 6.43. The van der Waals surface area contributed by atoms with E-state index in [9.17, 15) is 4.79 Å². The molecule has 7 heteroatoms. The summed E-state index contributed by atoms with van der Waals surface area (Å²) in [7, 11) is 1.75. The summed E-state index contributed by atoms with van der Waals surface area (Å²) in [5.41, 5.74) is 2.29. The maximum atomic E-state index is 12.7. The Morgan fingerprint density at radius 2 is 1.88 bits per heavy atom. The smallest absolute Gasteiger partial charge is 0.255 e. The molecule has 5 nitrogen and oxygen atoms in total. The van der Waals surface area contributed by atoms with Gasteiger partial charge in [0.2, 0.25) is 0 Å². The molecule has 2 aromatic carbocycles. The monoisotopic (exact) mass is 374 g/mol. The number of halogens is 2. The summed E-state index contributed by atoms with van der Waals surface area (Å²) in [5.74, 6) is -0.180. The van der Waals surface area contributed by atoms with E-state index in [2.05, 4.69) is 10.1 Å². The molecule has 1 heterocycles. The Bertz CT molecular complexity index is 879. The van der Waals surface area contributed by atoms with Crippen LogP contribution in [0.3, 0.4) is 0 Å². The molecule has 0 aliphatic rings. The zero-order valence-electron chi connectivity index (χ0n) is 13.7. The van der Waals surface area contributed by atoms with Crippen molar-refractivity contribution in [3.8, 4) is 5.69 Å². The first-order chi connectivity index (χ1) is 12.0. The average Bonchev–Trinajstić information content (AvgIpc) is 3.17. The molecule has 0 aliphatic heterocycles. The molecule has 0 spiro atoms. The van der Waals surface area contributed by atoms with Gasteiger partial charge in [-0.25, -0.2) is 9.67 Å². The lowest BCUT2D eigenvalue weighted by molar-refractivity contribution is 0.0743. The van der Waals surface area contributed by atoms with E-state index >= 15 is 0 Å². The van der Waals surface area contributed by atoms with Crippen LogP contribution in [0.1, 0.15) is 28.9 Å². The van der Waals surface area contributed by atoms with Crippen LogP contribution >= 0.6 is 23.2 Å². The Balaban J connectivity index is 1.81. The maximum Gasteiger partial charge on any atom is 0.255 e. The molecule has 25 heavy (non-hydrogen) atoms. The molecule has 0 aliphatic carbocycles. The van der Waals surface area contributed by atoms with Crippen LogP contribution in [-0.2, 0) is 0 Å². The molecule has 128 valence electrons. The van der Waals surface area contributed by atoms with Crippen molar-refractivity contribution in [1.29, 1.82) is 0 Å². The number of hydrogen-bond donors (Lipinski definition) is 0. The SMILES string of the molecule is C[C@@H](c1ccc(-n2cncn2)cc1)N(C)C(=O)c1cccc(Cl)c1Cl. The average molecular weight is 375 g/mol. The van der Waals surface area contributed by atoms with Gasteiger partial charge in [0.15, 0.2) is 0 Å². The number of benzene rings is 2. The van der Waals surface area contributed by atoms with Crippen molar-refractivity contribution in [1.82, 2.24) is 19.7 Å². The summed E-state index contributed by atoms with van der Waals surface area (Å²) >= 11 is 12.2. The van der Waals surface area contributed by atoms with Crippen LogP contribution < -0.4 is 0 Å². The maximum absolute atomic E-state index is 12.7. The predicted molar refractivity (Wildman–Crippen MR) is 98.3 cm³/mol. The summed E-state index contributed by atoms with van der Waals surface area (Å²) in [4.78, 5) is 18.3. The lowest BCUT2D eigenvalue weighted by Crippen LogP contribution is -2.29. The van der Waals surface area contributed by atoms with Gasteiger partial charge in [0, 0.05) is 7.05 Å². The quantitative estimate of drug-likeness (QED) is 0.679. The summed E-state index contributed by atoms with van der Waals surface area (Å²) in [5, 5.41) is 4.74. The van der Waals surface area contributed by atoms with E-state index in [0.29, 0.717) is 10.6 Å². The van der Waals surface area contributed by atoms with Gasteiger partial charge in [-0.1, -0.05) is 41.4 Å². The molecule has 0 saturated heterocycles. The van der Waals surface area contributed by atoms with Crippen LogP contribution in [0.2, 0.25) is 10.0 Å². The second kappa shape index (κ2) is 7.25. The van der Waals surface area contributed by atoms with E-state index in [4.69, 9.17) is 23.2 Å². The van der Waals surface area contributed by atoms with E-state index in [1.54, 1.807) is 41.2 Å². The summed E-state index contributed by atoms with van der Waals surface area (Å²) in [6, 6.07) is 12.7. The number of rotatable bonds is 4. The van der Waals surface area contributed by atoms with Gasteiger partial charge >= 0.3 is 0 Å². The third kappa shape index (κ3) is 3.52. The summed E-state index contributed by atoms with van der Waals surface area (Å²) < 4.78 is 1.68. The van der Waals surface area contributed by atoms with Crippen molar-refractivity contribution >= 4 is 29.1 Å². The van der Waals surface area contributed by atoms with Crippen LogP contribution in [0.5, 0.6) is 0 Å². The number of hydrogen-bond acceptors (Lipinski definition) is 3. The highest BCUT2D eigenvalue weighted by Crippen LogP contribution is 2.29. The van der Waals surface area contributed by atoms with E-state index in [0.717, 1.165) is 11.3 Å². The molecule has 3 aromatic rings. The molecule has 0 saturated carbocycles. The molecule has 1 amide bonds. The van der Waals surface area contributed by atoms with Crippen LogP contribution in [0.15, 0.2) is 55.1 Å². The van der Waals surface area contributed by atoms with Crippen molar-refractivity contribution in [2.24, 2.45) is 0 Å². The minimum atomic E-state index is -0.180. The molecule has 0 N–H and O–H groups in total. The molecular formula is C18H16Cl2N4O. The minimum absolute atomic E-state index is 0.132. The largest absolute Gasteiger partial charge is 0.335 e. The Morgan fingerprint density at radius 1 is 1.16 bits per heavy atom. The van der Waals surface area contributed by atoms with Crippen LogP contribution in [0, 0.1) is 0 Å². The zero-order valence-corrected chi connectivity index (χ0v) is 15.2. The van der Waals surface area contributed by atoms with Gasteiger partial charge in [-0.05, 0) is 36.8 Å². The van der Waals surface area contributed by atoms with Gasteiger partial charge in [-0.3, -0.25) is 4.79 Å². The molecule has 3 rings (SSSR count). The Morgan fingerprint density at radius 3 is 2.52 bits per heavy atom. The normalized spacial score (nSPS) is 12.0. The van der Waals surface area contributed by atoms with Crippen molar-refractivity contribution in [3.05, 3.63) is 76.3 Å². The molecule has 0 radical (unpaired) electrons. The highest BCUT2D eigenvalue weighted by atomic mass is 35.5. The second-order valence-corrected chi connectivity index (χ2v) is 6.41. The Kier molecular flexibility index (Phi) is 5.06. The molecule has 1 atom stereocenters. The zero-order chi connectivity index (χ0) is 18.0.